The lowest BCUT2D eigenvalue weighted by atomic mass is 9.94. The lowest BCUT2D eigenvalue weighted by Crippen LogP contribution is -2.38. The molecule has 0 radical (unpaired) electrons. The van der Waals surface area contributed by atoms with E-state index >= 15 is 0 Å². The Morgan fingerprint density at radius 3 is 2.71 bits per heavy atom. The number of esters is 1. The molecule has 2 aromatic carbocycles. The summed E-state index contributed by atoms with van der Waals surface area (Å²) in [6, 6.07) is 16.2. The van der Waals surface area contributed by atoms with Crippen molar-refractivity contribution in [2.45, 2.75) is 19.4 Å². The number of fused-ring (bicyclic) bond motifs is 1. The maximum absolute atomic E-state index is 12.7. The van der Waals surface area contributed by atoms with Gasteiger partial charge in [0.05, 0.1) is 37.4 Å². The van der Waals surface area contributed by atoms with E-state index in [4.69, 9.17) is 21.1 Å². The van der Waals surface area contributed by atoms with Crippen LogP contribution in [0, 0.1) is 0 Å². The Kier molecular flexibility index (Phi) is 7.59. The van der Waals surface area contributed by atoms with Gasteiger partial charge in [-0.2, -0.15) is 0 Å². The molecule has 0 saturated carbocycles. The maximum atomic E-state index is 12.7. The van der Waals surface area contributed by atoms with Gasteiger partial charge in [-0.1, -0.05) is 53.7 Å². The van der Waals surface area contributed by atoms with Crippen LogP contribution < -0.4 is 10.1 Å². The minimum absolute atomic E-state index is 0.127. The molecule has 4 rings (SSSR count). The fourth-order valence-electron chi connectivity index (χ4n) is 3.84. The first-order chi connectivity index (χ1) is 16.5. The van der Waals surface area contributed by atoms with Gasteiger partial charge >= 0.3 is 5.97 Å². The van der Waals surface area contributed by atoms with Gasteiger partial charge in [0.15, 0.2) is 5.17 Å². The molecule has 0 spiro atoms. The maximum Gasteiger partial charge on any atom is 0.338 e. The summed E-state index contributed by atoms with van der Waals surface area (Å²) in [6.07, 6.45) is 0.127. The Balaban J connectivity index is 1.49. The van der Waals surface area contributed by atoms with Crippen LogP contribution in [-0.4, -0.2) is 42.2 Å². The van der Waals surface area contributed by atoms with E-state index in [1.54, 1.807) is 13.0 Å². The van der Waals surface area contributed by atoms with Crippen LogP contribution >= 0.6 is 23.4 Å². The van der Waals surface area contributed by atoms with E-state index in [0.29, 0.717) is 34.6 Å². The molecule has 0 bridgehead atoms. The highest BCUT2D eigenvalue weighted by atomic mass is 35.5. The van der Waals surface area contributed by atoms with Crippen molar-refractivity contribution in [2.75, 3.05) is 20.3 Å². The Bertz CT molecular complexity index is 1180. The second-order valence-electron chi connectivity index (χ2n) is 7.63. The van der Waals surface area contributed by atoms with Gasteiger partial charge in [-0.25, -0.2) is 9.79 Å². The SMILES string of the molecule is COC(=O)C1=C(C)N=C2SC=C(CC(=O)NCCOc3ccccc3)N2[C@H]1c1cccc(Cl)c1. The number of halogens is 1. The van der Waals surface area contributed by atoms with E-state index in [2.05, 4.69) is 10.3 Å². The van der Waals surface area contributed by atoms with Gasteiger partial charge in [0.25, 0.3) is 0 Å². The number of carbonyl (C=O) groups excluding carboxylic acids is 2. The predicted molar refractivity (Wildman–Crippen MR) is 133 cm³/mol. The first-order valence-electron chi connectivity index (χ1n) is 10.7. The number of rotatable bonds is 8. The zero-order chi connectivity index (χ0) is 24.1. The highest BCUT2D eigenvalue weighted by Crippen LogP contribution is 2.45. The highest BCUT2D eigenvalue weighted by Gasteiger charge is 2.41. The fraction of sp³-hybridized carbons (Fsp3) is 0.240. The number of hydrogen-bond acceptors (Lipinski definition) is 7. The molecule has 1 amide bonds. The minimum Gasteiger partial charge on any atom is -0.492 e. The number of amidine groups is 1. The van der Waals surface area contributed by atoms with E-state index in [-0.39, 0.29) is 12.3 Å². The lowest BCUT2D eigenvalue weighted by Gasteiger charge is -2.36. The molecule has 2 heterocycles. The van der Waals surface area contributed by atoms with Crippen LogP contribution in [0.1, 0.15) is 24.9 Å². The van der Waals surface area contributed by atoms with Crippen molar-refractivity contribution in [3.8, 4) is 5.75 Å². The van der Waals surface area contributed by atoms with Crippen LogP contribution in [-0.2, 0) is 14.3 Å². The van der Waals surface area contributed by atoms with Gasteiger partial charge < -0.3 is 19.7 Å². The summed E-state index contributed by atoms with van der Waals surface area (Å²) >= 11 is 7.68. The largest absolute Gasteiger partial charge is 0.492 e. The molecule has 34 heavy (non-hydrogen) atoms. The van der Waals surface area contributed by atoms with Gasteiger partial charge in [-0.3, -0.25) is 4.79 Å². The third kappa shape index (κ3) is 5.29. The zero-order valence-corrected chi connectivity index (χ0v) is 20.4. The molecule has 0 aromatic heterocycles. The van der Waals surface area contributed by atoms with Crippen LogP contribution in [0.15, 0.2) is 82.0 Å². The predicted octanol–water partition coefficient (Wildman–Crippen LogP) is 4.67. The van der Waals surface area contributed by atoms with E-state index in [9.17, 15) is 9.59 Å². The summed E-state index contributed by atoms with van der Waals surface area (Å²) in [5, 5.41) is 6.03. The number of carbonyl (C=O) groups is 2. The molecular formula is C25H24ClN3O4S. The van der Waals surface area contributed by atoms with Crippen molar-refractivity contribution in [2.24, 2.45) is 4.99 Å². The molecule has 0 saturated heterocycles. The van der Waals surface area contributed by atoms with Crippen molar-refractivity contribution in [3.63, 3.8) is 0 Å². The fourth-order valence-corrected chi connectivity index (χ4v) is 5.00. The molecule has 176 valence electrons. The van der Waals surface area contributed by atoms with Crippen molar-refractivity contribution in [3.05, 3.63) is 87.6 Å². The number of methoxy groups -OCH3 is 1. The number of allylic oxidation sites excluding steroid dienone is 1. The van der Waals surface area contributed by atoms with Crippen LogP contribution in [0.25, 0.3) is 0 Å². The smallest absolute Gasteiger partial charge is 0.338 e. The normalized spacial score (nSPS) is 17.0. The summed E-state index contributed by atoms with van der Waals surface area (Å²) < 4.78 is 10.7. The molecule has 0 aliphatic carbocycles. The van der Waals surface area contributed by atoms with E-state index in [1.165, 1.54) is 18.9 Å². The quantitative estimate of drug-likeness (QED) is 0.421. The van der Waals surface area contributed by atoms with Crippen LogP contribution in [0.4, 0.5) is 0 Å². The average molecular weight is 498 g/mol. The van der Waals surface area contributed by atoms with Gasteiger partial charge in [-0.15, -0.1) is 0 Å². The number of aliphatic imine (C=N–C) groups is 1. The van der Waals surface area contributed by atoms with Crippen LogP contribution in [0.3, 0.4) is 0 Å². The van der Waals surface area contributed by atoms with Gasteiger partial charge in [0.2, 0.25) is 5.91 Å². The lowest BCUT2D eigenvalue weighted by molar-refractivity contribution is -0.136. The Morgan fingerprint density at radius 1 is 1.18 bits per heavy atom. The van der Waals surface area contributed by atoms with Crippen molar-refractivity contribution >= 4 is 40.4 Å². The van der Waals surface area contributed by atoms with Gasteiger partial charge in [-0.05, 0) is 42.2 Å². The molecule has 1 atom stereocenters. The van der Waals surface area contributed by atoms with Crippen molar-refractivity contribution in [1.82, 2.24) is 10.2 Å². The van der Waals surface area contributed by atoms with Crippen molar-refractivity contribution in [1.29, 1.82) is 0 Å². The first-order valence-corrected chi connectivity index (χ1v) is 12.0. The van der Waals surface area contributed by atoms with E-state index in [1.807, 2.05) is 58.8 Å². The zero-order valence-electron chi connectivity index (χ0n) is 18.8. The summed E-state index contributed by atoms with van der Waals surface area (Å²) in [4.78, 5) is 32.0. The molecule has 2 aliphatic heterocycles. The number of nitrogens with zero attached hydrogens (tertiary/aromatic N) is 2. The highest BCUT2D eigenvalue weighted by molar-refractivity contribution is 8.16. The molecular weight excluding hydrogens is 474 g/mol. The van der Waals surface area contributed by atoms with Crippen LogP contribution in [0.5, 0.6) is 5.75 Å². The number of benzene rings is 2. The number of ether oxygens (including phenoxy) is 2. The third-order valence-corrected chi connectivity index (χ3v) is 6.47. The average Bonchev–Trinajstić information content (AvgIpc) is 3.22. The Labute approximate surface area is 207 Å². The minimum atomic E-state index is -0.505. The molecule has 9 heteroatoms. The van der Waals surface area contributed by atoms with Crippen molar-refractivity contribution < 1.29 is 19.1 Å². The summed E-state index contributed by atoms with van der Waals surface area (Å²) in [5.74, 6) is 0.132. The third-order valence-electron chi connectivity index (χ3n) is 5.35. The number of thioether (sulfide) groups is 1. The Morgan fingerprint density at radius 2 is 1.97 bits per heavy atom. The number of amides is 1. The topological polar surface area (TPSA) is 80.2 Å². The number of para-hydroxylation sites is 1. The molecule has 1 N–H and O–H groups in total. The first kappa shape index (κ1) is 23.9. The van der Waals surface area contributed by atoms with Gasteiger partial charge in [0.1, 0.15) is 12.4 Å². The van der Waals surface area contributed by atoms with E-state index in [0.717, 1.165) is 17.0 Å². The van der Waals surface area contributed by atoms with Crippen LogP contribution in [0.2, 0.25) is 5.02 Å². The van der Waals surface area contributed by atoms with E-state index < -0.39 is 12.0 Å². The molecule has 0 unspecified atom stereocenters. The van der Waals surface area contributed by atoms with Gasteiger partial charge in [0, 0.05) is 10.7 Å². The summed E-state index contributed by atoms with van der Waals surface area (Å²) in [6.45, 7) is 2.52. The molecule has 2 aliphatic rings. The summed E-state index contributed by atoms with van der Waals surface area (Å²) in [7, 11) is 1.34. The molecule has 7 nitrogen and oxygen atoms in total. The number of nitrogens with one attached hydrogen (secondary N) is 1. The second-order valence-corrected chi connectivity index (χ2v) is 8.90. The monoisotopic (exact) mass is 497 g/mol. The summed E-state index contributed by atoms with van der Waals surface area (Å²) in [5.41, 5.74) is 2.54. The second kappa shape index (κ2) is 10.8. The number of hydrogen-bond donors (Lipinski definition) is 1. The molecule has 0 fully saturated rings. The standard InChI is InChI=1S/C25H24ClN3O4S/c1-16-22(24(31)32-2)23(17-7-6-8-18(26)13-17)29-19(15-34-25(29)28-16)14-21(30)27-11-12-33-20-9-4-3-5-10-20/h3-10,13,15,23H,11-12,14H2,1-2H3,(H,27,30)/t23-/m0/s1. The Hall–Kier alpha value is -3.23. The molecule has 2 aromatic rings.